The van der Waals surface area contributed by atoms with Gasteiger partial charge in [0.15, 0.2) is 0 Å². The van der Waals surface area contributed by atoms with E-state index in [1.54, 1.807) is 6.26 Å². The van der Waals surface area contributed by atoms with E-state index in [0.717, 1.165) is 19.0 Å². The van der Waals surface area contributed by atoms with E-state index in [4.69, 9.17) is 13.9 Å². The fourth-order valence-corrected chi connectivity index (χ4v) is 2.38. The topological polar surface area (TPSA) is 55.1 Å². The molecule has 0 spiro atoms. The van der Waals surface area contributed by atoms with Gasteiger partial charge >= 0.3 is 0 Å². The Bertz CT molecular complexity index is 344. The molecule has 19 heavy (non-hydrogen) atoms. The SMILES string of the molecule is CC1COCC(C)N1CC(O)COCc1ccco1. The maximum atomic E-state index is 10.0. The van der Waals surface area contributed by atoms with Crippen molar-refractivity contribution in [3.8, 4) is 0 Å². The number of nitrogens with zero attached hydrogens (tertiary/aromatic N) is 1. The number of rotatable bonds is 6. The van der Waals surface area contributed by atoms with Crippen LogP contribution in [0.15, 0.2) is 22.8 Å². The molecule has 5 heteroatoms. The molecular formula is C14H23NO4. The van der Waals surface area contributed by atoms with E-state index in [-0.39, 0.29) is 0 Å². The second-order valence-electron chi connectivity index (χ2n) is 5.18. The molecule has 0 radical (unpaired) electrons. The summed E-state index contributed by atoms with van der Waals surface area (Å²) in [4.78, 5) is 2.27. The Morgan fingerprint density at radius 3 is 2.79 bits per heavy atom. The molecule has 1 saturated heterocycles. The van der Waals surface area contributed by atoms with Gasteiger partial charge in [0.25, 0.3) is 0 Å². The summed E-state index contributed by atoms with van der Waals surface area (Å²) in [6.07, 6.45) is 1.13. The first-order valence-corrected chi connectivity index (χ1v) is 6.78. The van der Waals surface area contributed by atoms with Gasteiger partial charge in [0, 0.05) is 18.6 Å². The molecule has 1 aliphatic heterocycles. The molecule has 0 aromatic carbocycles. The van der Waals surface area contributed by atoms with Crippen LogP contribution in [0.3, 0.4) is 0 Å². The lowest BCUT2D eigenvalue weighted by atomic mass is 10.1. The molecule has 2 heterocycles. The Balaban J connectivity index is 1.69. The molecule has 1 aromatic rings. The number of morpholine rings is 1. The first-order chi connectivity index (χ1) is 9.16. The molecular weight excluding hydrogens is 246 g/mol. The first-order valence-electron chi connectivity index (χ1n) is 6.78. The minimum Gasteiger partial charge on any atom is -0.467 e. The summed E-state index contributed by atoms with van der Waals surface area (Å²) in [6, 6.07) is 4.36. The van der Waals surface area contributed by atoms with Crippen molar-refractivity contribution in [2.24, 2.45) is 0 Å². The van der Waals surface area contributed by atoms with Crippen molar-refractivity contribution >= 4 is 0 Å². The number of furan rings is 1. The second kappa shape index (κ2) is 7.05. The number of hydrogen-bond donors (Lipinski definition) is 1. The van der Waals surface area contributed by atoms with Gasteiger partial charge in [-0.2, -0.15) is 0 Å². The van der Waals surface area contributed by atoms with Gasteiger partial charge in [0.05, 0.1) is 32.2 Å². The van der Waals surface area contributed by atoms with Gasteiger partial charge in [-0.25, -0.2) is 0 Å². The van der Waals surface area contributed by atoms with Crippen LogP contribution in [0.4, 0.5) is 0 Å². The molecule has 5 nitrogen and oxygen atoms in total. The number of β-amino-alcohol motifs (C(OH)–C–C–N with tert-alkyl or cyclic N) is 1. The molecule has 1 aliphatic rings. The quantitative estimate of drug-likeness (QED) is 0.842. The summed E-state index contributed by atoms with van der Waals surface area (Å²) in [5.41, 5.74) is 0. The van der Waals surface area contributed by atoms with E-state index < -0.39 is 6.10 Å². The van der Waals surface area contributed by atoms with Crippen LogP contribution in [0.1, 0.15) is 19.6 Å². The summed E-state index contributed by atoms with van der Waals surface area (Å²) in [7, 11) is 0. The van der Waals surface area contributed by atoms with Crippen LogP contribution in [0, 0.1) is 0 Å². The molecule has 3 atom stereocenters. The van der Waals surface area contributed by atoms with Crippen molar-refractivity contribution < 1.29 is 19.0 Å². The van der Waals surface area contributed by atoms with Gasteiger partial charge in [-0.05, 0) is 26.0 Å². The molecule has 3 unspecified atom stereocenters. The number of aliphatic hydroxyl groups is 1. The fourth-order valence-electron chi connectivity index (χ4n) is 2.38. The van der Waals surface area contributed by atoms with E-state index in [2.05, 4.69) is 18.7 Å². The minimum atomic E-state index is -0.488. The Kier molecular flexibility index (Phi) is 5.39. The third kappa shape index (κ3) is 4.31. The van der Waals surface area contributed by atoms with Crippen LogP contribution in [0.25, 0.3) is 0 Å². The first kappa shape index (κ1) is 14.5. The van der Waals surface area contributed by atoms with Crippen molar-refractivity contribution in [2.75, 3.05) is 26.4 Å². The predicted octanol–water partition coefficient (Wildman–Crippen LogP) is 1.27. The maximum absolute atomic E-state index is 10.0. The molecule has 108 valence electrons. The predicted molar refractivity (Wildman–Crippen MR) is 70.8 cm³/mol. The number of aliphatic hydroxyl groups excluding tert-OH is 1. The Labute approximate surface area is 114 Å². The minimum absolute atomic E-state index is 0.317. The highest BCUT2D eigenvalue weighted by atomic mass is 16.5. The smallest absolute Gasteiger partial charge is 0.129 e. The van der Waals surface area contributed by atoms with Gasteiger partial charge in [-0.15, -0.1) is 0 Å². The van der Waals surface area contributed by atoms with Gasteiger partial charge in [0.1, 0.15) is 12.4 Å². The average Bonchev–Trinajstić information content (AvgIpc) is 2.87. The average molecular weight is 269 g/mol. The summed E-state index contributed by atoms with van der Waals surface area (Å²) in [5.74, 6) is 0.778. The zero-order chi connectivity index (χ0) is 13.7. The van der Waals surface area contributed by atoms with Gasteiger partial charge < -0.3 is 19.0 Å². The molecule has 1 fully saturated rings. The third-order valence-electron chi connectivity index (χ3n) is 3.41. The summed E-state index contributed by atoms with van der Waals surface area (Å²) >= 11 is 0. The van der Waals surface area contributed by atoms with Crippen LogP contribution in [0.5, 0.6) is 0 Å². The molecule has 0 amide bonds. The zero-order valence-corrected chi connectivity index (χ0v) is 11.6. The Morgan fingerprint density at radius 2 is 2.16 bits per heavy atom. The van der Waals surface area contributed by atoms with Crippen molar-refractivity contribution in [3.05, 3.63) is 24.2 Å². The highest BCUT2D eigenvalue weighted by Gasteiger charge is 2.27. The highest BCUT2D eigenvalue weighted by Crippen LogP contribution is 2.13. The lowest BCUT2D eigenvalue weighted by Gasteiger charge is -2.39. The molecule has 0 aliphatic carbocycles. The van der Waals surface area contributed by atoms with Crippen LogP contribution in [-0.4, -0.2) is 54.6 Å². The van der Waals surface area contributed by atoms with Gasteiger partial charge in [-0.3, -0.25) is 4.90 Å². The van der Waals surface area contributed by atoms with Crippen molar-refractivity contribution in [1.29, 1.82) is 0 Å². The van der Waals surface area contributed by atoms with E-state index in [1.807, 2.05) is 12.1 Å². The van der Waals surface area contributed by atoms with Crippen LogP contribution < -0.4 is 0 Å². The molecule has 2 rings (SSSR count). The highest BCUT2D eigenvalue weighted by molar-refractivity contribution is 4.96. The molecule has 0 saturated carbocycles. The fraction of sp³-hybridized carbons (Fsp3) is 0.714. The van der Waals surface area contributed by atoms with E-state index in [9.17, 15) is 5.11 Å². The largest absolute Gasteiger partial charge is 0.467 e. The standard InChI is InChI=1S/C14H23NO4/c1-11-7-17-8-12(2)15(11)6-13(16)9-18-10-14-4-3-5-19-14/h3-5,11-13,16H,6-10H2,1-2H3. The van der Waals surface area contributed by atoms with Crippen LogP contribution >= 0.6 is 0 Å². The summed E-state index contributed by atoms with van der Waals surface area (Å²) in [6.45, 7) is 7.02. The monoisotopic (exact) mass is 269 g/mol. The zero-order valence-electron chi connectivity index (χ0n) is 11.6. The Hall–Kier alpha value is -0.880. The van der Waals surface area contributed by atoms with E-state index >= 15 is 0 Å². The number of ether oxygens (including phenoxy) is 2. The number of hydrogen-bond acceptors (Lipinski definition) is 5. The second-order valence-corrected chi connectivity index (χ2v) is 5.18. The van der Waals surface area contributed by atoms with Crippen LogP contribution in [-0.2, 0) is 16.1 Å². The third-order valence-corrected chi connectivity index (χ3v) is 3.41. The maximum Gasteiger partial charge on any atom is 0.129 e. The molecule has 1 aromatic heterocycles. The summed E-state index contributed by atoms with van der Waals surface area (Å²) in [5, 5.41) is 10.0. The van der Waals surface area contributed by atoms with E-state index in [0.29, 0.717) is 31.8 Å². The van der Waals surface area contributed by atoms with Crippen LogP contribution in [0.2, 0.25) is 0 Å². The van der Waals surface area contributed by atoms with E-state index in [1.165, 1.54) is 0 Å². The molecule has 1 N–H and O–H groups in total. The van der Waals surface area contributed by atoms with Gasteiger partial charge in [0.2, 0.25) is 0 Å². The van der Waals surface area contributed by atoms with Crippen molar-refractivity contribution in [1.82, 2.24) is 4.90 Å². The van der Waals surface area contributed by atoms with Gasteiger partial charge in [-0.1, -0.05) is 0 Å². The lowest BCUT2D eigenvalue weighted by Crippen LogP contribution is -2.52. The Morgan fingerprint density at radius 1 is 1.42 bits per heavy atom. The van der Waals surface area contributed by atoms with Crippen molar-refractivity contribution in [3.63, 3.8) is 0 Å². The lowest BCUT2D eigenvalue weighted by molar-refractivity contribution is -0.0669. The normalized spacial score (nSPS) is 26.5. The molecule has 0 bridgehead atoms. The summed E-state index contributed by atoms with van der Waals surface area (Å²) < 4.78 is 16.1. The van der Waals surface area contributed by atoms with Crippen molar-refractivity contribution in [2.45, 2.75) is 38.6 Å².